The van der Waals surface area contributed by atoms with Gasteiger partial charge in [0.15, 0.2) is 0 Å². The van der Waals surface area contributed by atoms with Crippen LogP contribution in [-0.2, 0) is 12.8 Å². The second kappa shape index (κ2) is 7.00. The second-order valence-electron chi connectivity index (χ2n) is 6.72. The van der Waals surface area contributed by atoms with Crippen LogP contribution in [0.15, 0.2) is 54.6 Å². The third-order valence-corrected chi connectivity index (χ3v) is 4.84. The second-order valence-corrected chi connectivity index (χ2v) is 6.72. The Labute approximate surface area is 140 Å². The molecule has 0 aliphatic heterocycles. The maximum Gasteiger partial charge on any atom is -0.0152 e. The average molecular weight is 302 g/mol. The van der Waals surface area contributed by atoms with Crippen LogP contribution in [0.2, 0.25) is 0 Å². The van der Waals surface area contributed by atoms with Crippen molar-refractivity contribution in [3.05, 3.63) is 82.4 Å². The molecule has 0 aromatic heterocycles. The smallest absolute Gasteiger partial charge is 0.0152 e. The van der Waals surface area contributed by atoms with Gasteiger partial charge in [-0.25, -0.2) is 0 Å². The largest absolute Gasteiger partial charge is 0.0616 e. The van der Waals surface area contributed by atoms with Crippen molar-refractivity contribution in [2.24, 2.45) is 0 Å². The van der Waals surface area contributed by atoms with E-state index in [0.29, 0.717) is 0 Å². The van der Waals surface area contributed by atoms with E-state index in [0.717, 1.165) is 0 Å². The number of unbranched alkanes of at least 4 members (excludes halogenated alkanes) is 1. The van der Waals surface area contributed by atoms with E-state index in [1.54, 1.807) is 5.56 Å². The molecule has 23 heavy (non-hydrogen) atoms. The summed E-state index contributed by atoms with van der Waals surface area (Å²) >= 11 is 0. The Morgan fingerprint density at radius 2 is 1.35 bits per heavy atom. The predicted octanol–water partition coefficient (Wildman–Crippen LogP) is 6.33. The van der Waals surface area contributed by atoms with Crippen molar-refractivity contribution in [2.45, 2.75) is 46.5 Å². The van der Waals surface area contributed by atoms with Gasteiger partial charge in [0.25, 0.3) is 0 Å². The first-order valence-electron chi connectivity index (χ1n) is 8.68. The van der Waals surface area contributed by atoms with Crippen molar-refractivity contribution >= 4 is 10.8 Å². The molecule has 0 heterocycles. The van der Waals surface area contributed by atoms with Crippen molar-refractivity contribution in [3.63, 3.8) is 0 Å². The highest BCUT2D eigenvalue weighted by molar-refractivity contribution is 5.85. The third-order valence-electron chi connectivity index (χ3n) is 4.84. The van der Waals surface area contributed by atoms with Crippen molar-refractivity contribution < 1.29 is 0 Å². The predicted molar refractivity (Wildman–Crippen MR) is 101 cm³/mol. The summed E-state index contributed by atoms with van der Waals surface area (Å²) in [7, 11) is 0. The first-order valence-corrected chi connectivity index (χ1v) is 8.68. The molecule has 0 radical (unpaired) electrons. The monoisotopic (exact) mass is 302 g/mol. The average Bonchev–Trinajstić information content (AvgIpc) is 2.53. The Morgan fingerprint density at radius 3 is 2.13 bits per heavy atom. The summed E-state index contributed by atoms with van der Waals surface area (Å²) in [4.78, 5) is 0. The van der Waals surface area contributed by atoms with Gasteiger partial charge in [0.1, 0.15) is 0 Å². The van der Waals surface area contributed by atoms with Crippen molar-refractivity contribution in [2.75, 3.05) is 0 Å². The fourth-order valence-corrected chi connectivity index (χ4v) is 3.73. The highest BCUT2D eigenvalue weighted by Crippen LogP contribution is 2.22. The summed E-state index contributed by atoms with van der Waals surface area (Å²) in [5.74, 6) is 0. The number of fused-ring (bicyclic) bond motifs is 1. The van der Waals surface area contributed by atoms with E-state index in [1.807, 2.05) is 0 Å². The summed E-state index contributed by atoms with van der Waals surface area (Å²) in [6.45, 7) is 6.68. The molecule has 0 aliphatic carbocycles. The maximum absolute atomic E-state index is 2.31. The summed E-state index contributed by atoms with van der Waals surface area (Å²) in [6.07, 6.45) is 4.88. The molecule has 0 heteroatoms. The normalized spacial score (nSPS) is 11.1. The molecule has 0 aliphatic rings. The minimum atomic E-state index is 1.17. The molecule has 0 saturated carbocycles. The van der Waals surface area contributed by atoms with E-state index < -0.39 is 0 Å². The lowest BCUT2D eigenvalue weighted by Crippen LogP contribution is -1.96. The van der Waals surface area contributed by atoms with Gasteiger partial charge >= 0.3 is 0 Å². The van der Waals surface area contributed by atoms with Crippen molar-refractivity contribution in [1.82, 2.24) is 0 Å². The fraction of sp³-hybridized carbons (Fsp3) is 0.304. The zero-order valence-electron chi connectivity index (χ0n) is 14.5. The van der Waals surface area contributed by atoms with Crippen LogP contribution < -0.4 is 0 Å². The van der Waals surface area contributed by atoms with Crippen LogP contribution >= 0.6 is 0 Å². The van der Waals surface area contributed by atoms with E-state index in [2.05, 4.69) is 75.4 Å². The number of benzene rings is 3. The molecule has 0 nitrogen and oxygen atoms in total. The molecule has 0 saturated heterocycles. The van der Waals surface area contributed by atoms with Crippen LogP contribution in [0.3, 0.4) is 0 Å². The Kier molecular flexibility index (Phi) is 4.81. The van der Waals surface area contributed by atoms with Gasteiger partial charge in [-0.2, -0.15) is 0 Å². The number of hydrogen-bond donors (Lipinski definition) is 0. The van der Waals surface area contributed by atoms with Crippen LogP contribution in [0.1, 0.15) is 40.7 Å². The molecule has 0 spiro atoms. The molecule has 0 N–H and O–H groups in total. The van der Waals surface area contributed by atoms with Gasteiger partial charge in [-0.15, -0.1) is 0 Å². The molecule has 0 fully saturated rings. The topological polar surface area (TPSA) is 0 Å². The number of hydrogen-bond acceptors (Lipinski definition) is 0. The molecular weight excluding hydrogens is 276 g/mol. The number of aryl methyl sites for hydroxylation is 4. The van der Waals surface area contributed by atoms with Crippen molar-refractivity contribution in [1.29, 1.82) is 0 Å². The SMILES string of the molecule is Cc1cc(C)c(CCCCc2cccc3ccccc23)c(C)c1. The first kappa shape index (κ1) is 15.8. The van der Waals surface area contributed by atoms with Gasteiger partial charge in [-0.05, 0) is 79.5 Å². The van der Waals surface area contributed by atoms with Gasteiger partial charge in [-0.3, -0.25) is 0 Å². The van der Waals surface area contributed by atoms with E-state index in [1.165, 1.54) is 58.7 Å². The molecule has 0 unspecified atom stereocenters. The molecule has 3 aromatic rings. The Hall–Kier alpha value is -2.08. The molecule has 0 amide bonds. The molecule has 0 atom stereocenters. The Bertz CT molecular complexity index is 783. The summed E-state index contributed by atoms with van der Waals surface area (Å²) in [5.41, 5.74) is 7.31. The highest BCUT2D eigenvalue weighted by atomic mass is 14.1. The molecule has 3 aromatic carbocycles. The third kappa shape index (κ3) is 3.64. The Balaban J connectivity index is 1.64. The van der Waals surface area contributed by atoms with Crippen LogP contribution in [0, 0.1) is 20.8 Å². The van der Waals surface area contributed by atoms with Gasteiger partial charge in [-0.1, -0.05) is 60.2 Å². The number of rotatable bonds is 5. The van der Waals surface area contributed by atoms with E-state index >= 15 is 0 Å². The molecule has 118 valence electrons. The van der Waals surface area contributed by atoms with Crippen LogP contribution in [0.25, 0.3) is 10.8 Å². The van der Waals surface area contributed by atoms with Gasteiger partial charge < -0.3 is 0 Å². The minimum Gasteiger partial charge on any atom is -0.0616 e. The maximum atomic E-state index is 2.31. The van der Waals surface area contributed by atoms with E-state index in [9.17, 15) is 0 Å². The summed E-state index contributed by atoms with van der Waals surface area (Å²) < 4.78 is 0. The summed E-state index contributed by atoms with van der Waals surface area (Å²) in [6, 6.07) is 20.0. The molecule has 0 bridgehead atoms. The fourth-order valence-electron chi connectivity index (χ4n) is 3.73. The van der Waals surface area contributed by atoms with Gasteiger partial charge in [0, 0.05) is 0 Å². The van der Waals surface area contributed by atoms with Crippen LogP contribution in [0.4, 0.5) is 0 Å². The Morgan fingerprint density at radius 1 is 0.696 bits per heavy atom. The lowest BCUT2D eigenvalue weighted by molar-refractivity contribution is 0.732. The van der Waals surface area contributed by atoms with Crippen molar-refractivity contribution in [3.8, 4) is 0 Å². The standard InChI is InChI=1S/C23H26/c1-17-15-18(2)22(19(3)16-17)13-6-4-9-20-11-8-12-21-10-5-7-14-23(20)21/h5,7-8,10-12,14-16H,4,6,9,13H2,1-3H3. The zero-order chi connectivity index (χ0) is 16.2. The highest BCUT2D eigenvalue weighted by Gasteiger charge is 2.05. The summed E-state index contributed by atoms with van der Waals surface area (Å²) in [5, 5.41) is 2.77. The van der Waals surface area contributed by atoms with Gasteiger partial charge in [0.2, 0.25) is 0 Å². The van der Waals surface area contributed by atoms with Crippen LogP contribution in [-0.4, -0.2) is 0 Å². The quantitative estimate of drug-likeness (QED) is 0.483. The van der Waals surface area contributed by atoms with E-state index in [-0.39, 0.29) is 0 Å². The van der Waals surface area contributed by atoms with Gasteiger partial charge in [0.05, 0.1) is 0 Å². The molecule has 3 rings (SSSR count). The van der Waals surface area contributed by atoms with Crippen LogP contribution in [0.5, 0.6) is 0 Å². The lowest BCUT2D eigenvalue weighted by atomic mass is 9.94. The first-order chi connectivity index (χ1) is 11.1. The zero-order valence-corrected chi connectivity index (χ0v) is 14.5. The molecular formula is C23H26. The lowest BCUT2D eigenvalue weighted by Gasteiger charge is -2.12. The minimum absolute atomic E-state index is 1.17. The van der Waals surface area contributed by atoms with E-state index in [4.69, 9.17) is 0 Å².